The van der Waals surface area contributed by atoms with Gasteiger partial charge in [0, 0.05) is 10.8 Å². The predicted molar refractivity (Wildman–Crippen MR) is 127 cm³/mol. The van der Waals surface area contributed by atoms with Gasteiger partial charge < -0.3 is 0 Å². The molecule has 162 valence electrons. The summed E-state index contributed by atoms with van der Waals surface area (Å²) in [7, 11) is -1.12. The Morgan fingerprint density at radius 1 is 1.03 bits per heavy atom. The number of fused-ring (bicyclic) bond motifs is 3. The quantitative estimate of drug-likeness (QED) is 0.402. The number of hydrogen-bond acceptors (Lipinski definition) is 4. The summed E-state index contributed by atoms with van der Waals surface area (Å²) in [5, 5.41) is 22.5. The molecule has 0 spiro atoms. The summed E-state index contributed by atoms with van der Waals surface area (Å²) in [6.45, 7) is 11.8. The molecule has 0 aliphatic heterocycles. The van der Waals surface area contributed by atoms with E-state index in [2.05, 4.69) is 49.2 Å². The first kappa shape index (κ1) is 24.5. The second kappa shape index (κ2) is 8.03. The van der Waals surface area contributed by atoms with Crippen molar-refractivity contribution in [2.24, 2.45) is 22.2 Å². The summed E-state index contributed by atoms with van der Waals surface area (Å²) in [5.41, 5.74) is -1.03. The summed E-state index contributed by atoms with van der Waals surface area (Å²) < 4.78 is 0. The van der Waals surface area contributed by atoms with Gasteiger partial charge in [-0.05, 0) is 55.3 Å². The Labute approximate surface area is 187 Å². The van der Waals surface area contributed by atoms with Gasteiger partial charge in [0.05, 0.1) is 16.6 Å². The van der Waals surface area contributed by atoms with Gasteiger partial charge >= 0.3 is 0 Å². The minimum absolute atomic E-state index is 0.0485. The Kier molecular flexibility index (Phi) is 6.34. The molecule has 0 aromatic heterocycles. The molecule has 5 heteroatoms. The third-order valence-corrected chi connectivity index (χ3v) is 7.22. The molecule has 0 heterocycles. The fraction of sp³-hybridized carbons (Fsp3) is 0.462. The maximum Gasteiger partial charge on any atom is 0.196 e. The fourth-order valence-electron chi connectivity index (χ4n) is 5.18. The van der Waals surface area contributed by atoms with Crippen molar-refractivity contribution in [1.82, 2.24) is 0 Å². The normalized spacial score (nSPS) is 31.4. The van der Waals surface area contributed by atoms with Crippen LogP contribution in [0.5, 0.6) is 0 Å². The highest BCUT2D eigenvalue weighted by molar-refractivity contribution is 8.35. The highest BCUT2D eigenvalue weighted by atomic mass is 32.3. The van der Waals surface area contributed by atoms with Crippen molar-refractivity contribution >= 4 is 21.6 Å². The van der Waals surface area contributed by atoms with Crippen molar-refractivity contribution in [2.45, 2.75) is 33.6 Å². The Hall–Kier alpha value is -2.81. The molecule has 3 rings (SSSR count). The van der Waals surface area contributed by atoms with Crippen molar-refractivity contribution in [2.75, 3.05) is 18.8 Å². The van der Waals surface area contributed by atoms with Gasteiger partial charge in [-0.3, -0.25) is 9.59 Å². The molecule has 0 aromatic rings. The molecule has 4 nitrogen and oxygen atoms in total. The Morgan fingerprint density at radius 2 is 1.61 bits per heavy atom. The first-order valence-corrected chi connectivity index (χ1v) is 13.0. The van der Waals surface area contributed by atoms with Gasteiger partial charge in [-0.1, -0.05) is 38.0 Å². The van der Waals surface area contributed by atoms with Crippen LogP contribution >= 0.6 is 10.0 Å². The first-order chi connectivity index (χ1) is 14.3. The van der Waals surface area contributed by atoms with Crippen molar-refractivity contribution < 1.29 is 9.59 Å². The van der Waals surface area contributed by atoms with Crippen LogP contribution in [0, 0.1) is 56.0 Å². The molecule has 1 saturated carbocycles. The van der Waals surface area contributed by atoms with E-state index in [1.807, 2.05) is 26.8 Å². The summed E-state index contributed by atoms with van der Waals surface area (Å²) in [4.78, 5) is 25.5. The van der Waals surface area contributed by atoms with Gasteiger partial charge in [0.1, 0.15) is 12.1 Å². The van der Waals surface area contributed by atoms with E-state index in [1.54, 1.807) is 18.2 Å². The second-order valence-corrected chi connectivity index (χ2v) is 13.6. The Balaban J connectivity index is 0.00000166. The second-order valence-electron chi connectivity index (χ2n) is 9.72. The third-order valence-electron chi connectivity index (χ3n) is 6.51. The molecule has 0 aromatic carbocycles. The summed E-state index contributed by atoms with van der Waals surface area (Å²) in [6, 6.07) is 4.08. The maximum atomic E-state index is 12.9. The minimum atomic E-state index is -1.12. The first-order valence-electron chi connectivity index (χ1n) is 10.1. The van der Waals surface area contributed by atoms with E-state index in [0.29, 0.717) is 6.42 Å². The number of nitrogens with zero attached hydrogens (tertiary/aromatic N) is 2. The lowest BCUT2D eigenvalue weighted by molar-refractivity contribution is -0.130. The molecule has 0 N–H and O–H groups in total. The van der Waals surface area contributed by atoms with Crippen molar-refractivity contribution in [3.8, 4) is 23.3 Å². The number of rotatable bonds is 0. The van der Waals surface area contributed by atoms with Gasteiger partial charge in [-0.15, -0.1) is 13.2 Å². The average Bonchev–Trinajstić information content (AvgIpc) is 2.71. The minimum Gasteiger partial charge on any atom is -0.293 e. The van der Waals surface area contributed by atoms with Crippen LogP contribution in [-0.4, -0.2) is 30.3 Å². The van der Waals surface area contributed by atoms with Crippen molar-refractivity contribution in [1.29, 1.82) is 10.5 Å². The molecule has 1 fully saturated rings. The lowest BCUT2D eigenvalue weighted by atomic mass is 9.45. The number of nitriles is 2. The fourth-order valence-corrected chi connectivity index (χ4v) is 5.66. The maximum absolute atomic E-state index is 12.9. The van der Waals surface area contributed by atoms with Crippen molar-refractivity contribution in [3.63, 3.8) is 0 Å². The van der Waals surface area contributed by atoms with Crippen LogP contribution in [0.4, 0.5) is 0 Å². The highest BCUT2D eigenvalue weighted by Gasteiger charge is 2.59. The zero-order valence-electron chi connectivity index (χ0n) is 19.3. The van der Waals surface area contributed by atoms with Crippen LogP contribution < -0.4 is 0 Å². The van der Waals surface area contributed by atoms with Crippen LogP contribution in [0.1, 0.15) is 33.6 Å². The molecule has 3 atom stereocenters. The summed E-state index contributed by atoms with van der Waals surface area (Å²) in [5.74, 6) is 2.92. The molecule has 0 amide bonds. The van der Waals surface area contributed by atoms with Crippen LogP contribution in [0.2, 0.25) is 0 Å². The van der Waals surface area contributed by atoms with Gasteiger partial charge in [-0.2, -0.15) is 20.6 Å². The average molecular weight is 435 g/mol. The Morgan fingerprint density at radius 3 is 2.13 bits per heavy atom. The molecule has 0 bridgehead atoms. The molecule has 0 radical (unpaired) electrons. The molecule has 3 unspecified atom stereocenters. The van der Waals surface area contributed by atoms with E-state index in [-0.39, 0.29) is 28.6 Å². The standard InChI is InChI=1S/C24H26N2O2S.C2H4/c1-22(2)19-7-8-24(9-10-29(4,5)6)13-16(14-25)18(27)11-20(24)23(19,3)12-17(15-26)21(22)28;1-2/h11-13,19H,7-8H2,1-6H3;1-2H2. The number of carbonyl (C=O) groups excluding carboxylic acids is 2. The van der Waals surface area contributed by atoms with E-state index < -0.39 is 26.3 Å². The van der Waals surface area contributed by atoms with E-state index >= 15 is 0 Å². The smallest absolute Gasteiger partial charge is 0.196 e. The molecule has 31 heavy (non-hydrogen) atoms. The highest BCUT2D eigenvalue weighted by Crippen LogP contribution is 2.63. The zero-order chi connectivity index (χ0) is 23.8. The summed E-state index contributed by atoms with van der Waals surface area (Å²) >= 11 is 0. The molecule has 0 saturated heterocycles. The van der Waals surface area contributed by atoms with Gasteiger partial charge in [0.25, 0.3) is 0 Å². The molecular formula is C26H30N2O2S. The van der Waals surface area contributed by atoms with E-state index in [1.165, 1.54) is 0 Å². The monoisotopic (exact) mass is 434 g/mol. The number of allylic oxidation sites excluding steroid dienone is 6. The van der Waals surface area contributed by atoms with Crippen LogP contribution in [0.3, 0.4) is 0 Å². The zero-order valence-corrected chi connectivity index (χ0v) is 20.1. The van der Waals surface area contributed by atoms with E-state index in [0.717, 1.165) is 12.0 Å². The van der Waals surface area contributed by atoms with Gasteiger partial charge in [-0.25, -0.2) is 0 Å². The lowest BCUT2D eigenvalue weighted by Gasteiger charge is -2.56. The lowest BCUT2D eigenvalue weighted by Crippen LogP contribution is -2.53. The van der Waals surface area contributed by atoms with Crippen LogP contribution in [0.25, 0.3) is 0 Å². The molecular weight excluding hydrogens is 404 g/mol. The third kappa shape index (κ3) is 3.94. The number of ketones is 2. The van der Waals surface area contributed by atoms with E-state index in [9.17, 15) is 20.1 Å². The van der Waals surface area contributed by atoms with Gasteiger partial charge in [0.15, 0.2) is 11.6 Å². The predicted octanol–water partition coefficient (Wildman–Crippen LogP) is 4.86. The molecule has 3 aliphatic rings. The molecule has 3 aliphatic carbocycles. The van der Waals surface area contributed by atoms with Gasteiger partial charge in [0.2, 0.25) is 0 Å². The van der Waals surface area contributed by atoms with Crippen molar-refractivity contribution in [3.05, 3.63) is 48.1 Å². The van der Waals surface area contributed by atoms with Crippen LogP contribution in [0.15, 0.2) is 48.1 Å². The topological polar surface area (TPSA) is 81.7 Å². The largest absolute Gasteiger partial charge is 0.293 e. The SMILES string of the molecule is C=C.CC1(C)C(=O)C(C#N)=CC2(C)C3=CC(=O)C(C#N)=CC3(C#CS(C)(C)C)CCC12. The number of hydrogen-bond donors (Lipinski definition) is 0. The summed E-state index contributed by atoms with van der Waals surface area (Å²) in [6.07, 6.45) is 12.7. The number of Topliss-reactive ketones (excluding diaryl/α,β-unsaturated/α-hetero) is 1. The van der Waals surface area contributed by atoms with E-state index in [4.69, 9.17) is 0 Å². The van der Waals surface area contributed by atoms with Crippen LogP contribution in [-0.2, 0) is 9.59 Å². The Bertz CT molecular complexity index is 1080. The number of carbonyl (C=O) groups is 2.